The van der Waals surface area contributed by atoms with Gasteiger partial charge in [-0.2, -0.15) is 0 Å². The molecule has 2 heterocycles. The van der Waals surface area contributed by atoms with Crippen LogP contribution >= 0.6 is 11.3 Å². The number of aromatic nitrogens is 1. The van der Waals surface area contributed by atoms with Crippen LogP contribution in [-0.4, -0.2) is 55.1 Å². The molecular formula is C27H34N4O2S. The summed E-state index contributed by atoms with van der Waals surface area (Å²) in [6.45, 7) is 10.6. The highest BCUT2D eigenvalue weighted by Crippen LogP contribution is 2.18. The number of carbonyl (C=O) groups is 1. The first-order valence-corrected chi connectivity index (χ1v) is 12.9. The van der Waals surface area contributed by atoms with E-state index in [0.29, 0.717) is 19.6 Å². The summed E-state index contributed by atoms with van der Waals surface area (Å²) in [6, 6.07) is 16.7. The van der Waals surface area contributed by atoms with Crippen molar-refractivity contribution in [2.24, 2.45) is 0 Å². The van der Waals surface area contributed by atoms with Gasteiger partial charge in [-0.05, 0) is 56.6 Å². The Morgan fingerprint density at radius 2 is 1.85 bits per heavy atom. The van der Waals surface area contributed by atoms with Gasteiger partial charge in [-0.1, -0.05) is 29.8 Å². The summed E-state index contributed by atoms with van der Waals surface area (Å²) in [6.07, 6.45) is 1.28. The second kappa shape index (κ2) is 12.0. The highest BCUT2D eigenvalue weighted by molar-refractivity contribution is 7.09. The van der Waals surface area contributed by atoms with E-state index in [9.17, 15) is 4.79 Å². The molecule has 180 valence electrons. The number of piperazine rings is 1. The maximum Gasteiger partial charge on any atom is 0.226 e. The summed E-state index contributed by atoms with van der Waals surface area (Å²) in [4.78, 5) is 21.8. The molecule has 0 radical (unpaired) electrons. The number of benzene rings is 2. The van der Waals surface area contributed by atoms with Crippen LogP contribution < -0.4 is 15.0 Å². The minimum absolute atomic E-state index is 0.0283. The smallest absolute Gasteiger partial charge is 0.226 e. The fourth-order valence-electron chi connectivity index (χ4n) is 4.09. The monoisotopic (exact) mass is 478 g/mol. The Bertz CT molecular complexity index is 1060. The molecule has 0 bridgehead atoms. The first-order chi connectivity index (χ1) is 16.5. The first kappa shape index (κ1) is 24.2. The van der Waals surface area contributed by atoms with E-state index in [1.807, 2.05) is 29.6 Å². The van der Waals surface area contributed by atoms with Gasteiger partial charge in [0, 0.05) is 43.8 Å². The lowest BCUT2D eigenvalue weighted by Crippen LogP contribution is -2.47. The van der Waals surface area contributed by atoms with Crippen LogP contribution in [0.5, 0.6) is 5.75 Å². The molecule has 0 aliphatic carbocycles. The molecule has 1 aliphatic heterocycles. The molecule has 0 spiro atoms. The van der Waals surface area contributed by atoms with Crippen molar-refractivity contribution in [3.8, 4) is 5.75 Å². The normalized spacial score (nSPS) is 14.2. The van der Waals surface area contributed by atoms with Gasteiger partial charge in [-0.15, -0.1) is 11.3 Å². The van der Waals surface area contributed by atoms with E-state index >= 15 is 0 Å². The van der Waals surface area contributed by atoms with E-state index in [4.69, 9.17) is 4.74 Å². The molecule has 0 saturated carbocycles. The lowest BCUT2D eigenvalue weighted by Gasteiger charge is -2.36. The number of hydrogen-bond acceptors (Lipinski definition) is 6. The van der Waals surface area contributed by atoms with Crippen molar-refractivity contribution in [2.45, 2.75) is 33.3 Å². The summed E-state index contributed by atoms with van der Waals surface area (Å²) < 4.78 is 5.78. The maximum atomic E-state index is 12.3. The molecule has 3 aromatic rings. The molecule has 4 rings (SSSR count). The second-order valence-electron chi connectivity index (χ2n) is 8.88. The summed E-state index contributed by atoms with van der Waals surface area (Å²) >= 11 is 1.53. The van der Waals surface area contributed by atoms with Crippen molar-refractivity contribution < 1.29 is 9.53 Å². The Balaban J connectivity index is 1.10. The zero-order valence-corrected chi connectivity index (χ0v) is 20.9. The Labute approximate surface area is 206 Å². The number of thiazole rings is 1. The molecule has 1 saturated heterocycles. The number of nitrogens with one attached hydrogen (secondary N) is 1. The number of amides is 1. The molecule has 34 heavy (non-hydrogen) atoms. The van der Waals surface area contributed by atoms with Crippen LogP contribution in [-0.2, 0) is 17.8 Å². The number of rotatable bonds is 10. The summed E-state index contributed by atoms with van der Waals surface area (Å²) in [5.74, 6) is 0.859. The molecule has 1 N–H and O–H groups in total. The standard InChI is InChI=1S/C27H34N4O2S/c1-21-7-9-25(10-8-21)33-19-27-29-23(20-34-27)18-26(32)28-11-4-12-30-13-15-31(16-14-30)24-6-3-5-22(2)17-24/h3,5-10,17,20H,4,11-16,18-19H2,1-2H3,(H,28,32). The van der Waals surface area contributed by atoms with Crippen LogP contribution in [0.15, 0.2) is 53.9 Å². The van der Waals surface area contributed by atoms with Gasteiger partial charge in [-0.25, -0.2) is 4.98 Å². The molecule has 0 unspecified atom stereocenters. The number of anilines is 1. The van der Waals surface area contributed by atoms with Crippen molar-refractivity contribution >= 4 is 22.9 Å². The summed E-state index contributed by atoms with van der Waals surface area (Å²) in [5, 5.41) is 5.87. The SMILES string of the molecule is Cc1ccc(OCc2nc(CC(=O)NCCCN3CCN(c4cccc(C)c4)CC3)cs2)cc1. The molecular weight excluding hydrogens is 444 g/mol. The van der Waals surface area contributed by atoms with Crippen molar-refractivity contribution in [2.75, 3.05) is 44.2 Å². The van der Waals surface area contributed by atoms with Gasteiger partial charge in [0.15, 0.2) is 0 Å². The average molecular weight is 479 g/mol. The minimum Gasteiger partial charge on any atom is -0.486 e. The van der Waals surface area contributed by atoms with Gasteiger partial charge in [0.2, 0.25) is 5.91 Å². The molecule has 6 nitrogen and oxygen atoms in total. The van der Waals surface area contributed by atoms with Crippen LogP contribution in [0.3, 0.4) is 0 Å². The van der Waals surface area contributed by atoms with Crippen molar-refractivity contribution in [1.82, 2.24) is 15.2 Å². The second-order valence-corrected chi connectivity index (χ2v) is 9.82. The number of ether oxygens (including phenoxy) is 1. The largest absolute Gasteiger partial charge is 0.486 e. The minimum atomic E-state index is 0.0283. The van der Waals surface area contributed by atoms with E-state index < -0.39 is 0 Å². The highest BCUT2D eigenvalue weighted by Gasteiger charge is 2.17. The number of nitrogens with zero attached hydrogens (tertiary/aromatic N) is 3. The molecule has 1 fully saturated rings. The topological polar surface area (TPSA) is 57.7 Å². The molecule has 7 heteroatoms. The lowest BCUT2D eigenvalue weighted by molar-refractivity contribution is -0.120. The van der Waals surface area contributed by atoms with E-state index in [2.05, 4.69) is 58.2 Å². The number of aryl methyl sites for hydroxylation is 2. The zero-order valence-electron chi connectivity index (χ0n) is 20.1. The van der Waals surface area contributed by atoms with Crippen LogP contribution in [0, 0.1) is 13.8 Å². The van der Waals surface area contributed by atoms with Gasteiger partial charge in [0.05, 0.1) is 12.1 Å². The third-order valence-corrected chi connectivity index (χ3v) is 6.91. The third kappa shape index (κ3) is 7.30. The predicted octanol–water partition coefficient (Wildman–Crippen LogP) is 4.21. The fourth-order valence-corrected chi connectivity index (χ4v) is 4.79. The van der Waals surface area contributed by atoms with Gasteiger partial charge in [0.1, 0.15) is 17.4 Å². The summed E-state index contributed by atoms with van der Waals surface area (Å²) in [5.41, 5.74) is 4.63. The van der Waals surface area contributed by atoms with Crippen molar-refractivity contribution in [3.63, 3.8) is 0 Å². The Morgan fingerprint density at radius 1 is 1.06 bits per heavy atom. The highest BCUT2D eigenvalue weighted by atomic mass is 32.1. The van der Waals surface area contributed by atoms with Crippen LogP contribution in [0.4, 0.5) is 5.69 Å². The zero-order chi connectivity index (χ0) is 23.8. The van der Waals surface area contributed by atoms with Crippen molar-refractivity contribution in [1.29, 1.82) is 0 Å². The molecule has 2 aromatic carbocycles. The van der Waals surface area contributed by atoms with E-state index in [1.54, 1.807) is 0 Å². The number of carbonyl (C=O) groups excluding carboxylic acids is 1. The quantitative estimate of drug-likeness (QED) is 0.443. The number of hydrogen-bond donors (Lipinski definition) is 1. The van der Waals surface area contributed by atoms with Crippen LogP contribution in [0.1, 0.15) is 28.2 Å². The Morgan fingerprint density at radius 3 is 2.62 bits per heavy atom. The van der Waals surface area contributed by atoms with Crippen LogP contribution in [0.2, 0.25) is 0 Å². The lowest BCUT2D eigenvalue weighted by atomic mass is 10.2. The summed E-state index contributed by atoms with van der Waals surface area (Å²) in [7, 11) is 0. The predicted molar refractivity (Wildman–Crippen MR) is 139 cm³/mol. The van der Waals surface area contributed by atoms with Crippen LogP contribution in [0.25, 0.3) is 0 Å². The first-order valence-electron chi connectivity index (χ1n) is 12.0. The molecule has 0 atom stereocenters. The maximum absolute atomic E-state index is 12.3. The van der Waals surface area contributed by atoms with Crippen molar-refractivity contribution in [3.05, 3.63) is 75.7 Å². The van der Waals surface area contributed by atoms with E-state index in [-0.39, 0.29) is 5.91 Å². The molecule has 1 aliphatic rings. The average Bonchev–Trinajstić information content (AvgIpc) is 3.29. The molecule has 1 amide bonds. The van der Waals surface area contributed by atoms with Gasteiger partial charge >= 0.3 is 0 Å². The van der Waals surface area contributed by atoms with Gasteiger partial charge in [-0.3, -0.25) is 9.69 Å². The Kier molecular flexibility index (Phi) is 8.55. The Hall–Kier alpha value is -2.90. The van der Waals surface area contributed by atoms with Gasteiger partial charge in [0.25, 0.3) is 0 Å². The third-order valence-electron chi connectivity index (χ3n) is 6.04. The van der Waals surface area contributed by atoms with E-state index in [1.165, 1.54) is 28.2 Å². The molecule has 1 aromatic heterocycles. The fraction of sp³-hybridized carbons (Fsp3) is 0.407. The van der Waals surface area contributed by atoms with E-state index in [0.717, 1.165) is 55.6 Å². The van der Waals surface area contributed by atoms with Gasteiger partial charge < -0.3 is 15.0 Å².